The standard InChI is InChI=1S/C18H19N3O3S2/c1-3-21-17(15-6-5-11-25-15)19-20-18(21)26-12-16(22)24-14-9-7-13(8-10-14)23-4-2/h5-11H,3-4,12H2,1-2H3. The van der Waals surface area contributed by atoms with Crippen molar-refractivity contribution in [3.63, 3.8) is 0 Å². The lowest BCUT2D eigenvalue weighted by Crippen LogP contribution is -2.11. The van der Waals surface area contributed by atoms with E-state index in [1.807, 2.05) is 35.9 Å². The number of ether oxygens (including phenoxy) is 2. The zero-order valence-corrected chi connectivity index (χ0v) is 16.2. The molecule has 0 unspecified atom stereocenters. The molecule has 0 saturated carbocycles. The van der Waals surface area contributed by atoms with Gasteiger partial charge in [0.15, 0.2) is 11.0 Å². The lowest BCUT2D eigenvalue weighted by molar-refractivity contribution is -0.131. The number of hydrogen-bond acceptors (Lipinski definition) is 7. The number of rotatable bonds is 8. The topological polar surface area (TPSA) is 66.2 Å². The van der Waals surface area contributed by atoms with Crippen LogP contribution >= 0.6 is 23.1 Å². The van der Waals surface area contributed by atoms with Crippen LogP contribution in [0.15, 0.2) is 46.9 Å². The van der Waals surface area contributed by atoms with Gasteiger partial charge in [0.25, 0.3) is 0 Å². The molecule has 0 amide bonds. The second kappa shape index (κ2) is 8.86. The molecule has 3 aromatic rings. The van der Waals surface area contributed by atoms with Gasteiger partial charge in [-0.25, -0.2) is 0 Å². The molecule has 2 heterocycles. The van der Waals surface area contributed by atoms with Crippen LogP contribution in [0.1, 0.15) is 13.8 Å². The lowest BCUT2D eigenvalue weighted by Gasteiger charge is -2.07. The summed E-state index contributed by atoms with van der Waals surface area (Å²) in [4.78, 5) is 13.2. The van der Waals surface area contributed by atoms with Gasteiger partial charge in [-0.05, 0) is 49.6 Å². The highest BCUT2D eigenvalue weighted by molar-refractivity contribution is 7.99. The third-order valence-corrected chi connectivity index (χ3v) is 5.27. The molecule has 0 bridgehead atoms. The van der Waals surface area contributed by atoms with Crippen molar-refractivity contribution in [1.82, 2.24) is 14.8 Å². The van der Waals surface area contributed by atoms with Crippen molar-refractivity contribution in [3.8, 4) is 22.2 Å². The summed E-state index contributed by atoms with van der Waals surface area (Å²) < 4.78 is 12.7. The minimum Gasteiger partial charge on any atom is -0.494 e. The van der Waals surface area contributed by atoms with Crippen LogP contribution in [-0.4, -0.2) is 33.1 Å². The molecular weight excluding hydrogens is 370 g/mol. The van der Waals surface area contributed by atoms with E-state index in [1.165, 1.54) is 11.8 Å². The van der Waals surface area contributed by atoms with Gasteiger partial charge in [-0.15, -0.1) is 21.5 Å². The Kier molecular flexibility index (Phi) is 6.30. The number of thioether (sulfide) groups is 1. The Morgan fingerprint density at radius 2 is 1.92 bits per heavy atom. The number of carbonyl (C=O) groups is 1. The molecule has 26 heavy (non-hydrogen) atoms. The number of thiophene rings is 1. The van der Waals surface area contributed by atoms with E-state index in [-0.39, 0.29) is 11.7 Å². The normalized spacial score (nSPS) is 10.7. The quantitative estimate of drug-likeness (QED) is 0.328. The van der Waals surface area contributed by atoms with Crippen molar-refractivity contribution >= 4 is 29.1 Å². The number of esters is 1. The maximum Gasteiger partial charge on any atom is 0.321 e. The molecule has 0 aliphatic heterocycles. The van der Waals surface area contributed by atoms with E-state index in [1.54, 1.807) is 35.6 Å². The summed E-state index contributed by atoms with van der Waals surface area (Å²) in [7, 11) is 0. The first-order valence-electron chi connectivity index (χ1n) is 8.24. The van der Waals surface area contributed by atoms with Gasteiger partial charge >= 0.3 is 5.97 Å². The number of aromatic nitrogens is 3. The molecule has 0 aliphatic rings. The van der Waals surface area contributed by atoms with E-state index in [0.29, 0.717) is 17.5 Å². The molecule has 0 aliphatic carbocycles. The molecule has 6 nitrogen and oxygen atoms in total. The van der Waals surface area contributed by atoms with Crippen LogP contribution < -0.4 is 9.47 Å². The molecule has 0 N–H and O–H groups in total. The highest BCUT2D eigenvalue weighted by Crippen LogP contribution is 2.27. The van der Waals surface area contributed by atoms with Crippen molar-refractivity contribution in [2.24, 2.45) is 0 Å². The molecule has 0 saturated heterocycles. The number of benzene rings is 1. The monoisotopic (exact) mass is 389 g/mol. The van der Waals surface area contributed by atoms with E-state index >= 15 is 0 Å². The third kappa shape index (κ3) is 4.44. The average Bonchev–Trinajstić information content (AvgIpc) is 3.31. The maximum atomic E-state index is 12.1. The molecule has 0 spiro atoms. The van der Waals surface area contributed by atoms with Gasteiger partial charge in [0, 0.05) is 6.54 Å². The Morgan fingerprint density at radius 3 is 2.58 bits per heavy atom. The van der Waals surface area contributed by atoms with Crippen molar-refractivity contribution in [1.29, 1.82) is 0 Å². The molecule has 0 fully saturated rings. The molecule has 0 radical (unpaired) electrons. The molecular formula is C18H19N3O3S2. The van der Waals surface area contributed by atoms with Crippen LogP contribution in [-0.2, 0) is 11.3 Å². The highest BCUT2D eigenvalue weighted by Gasteiger charge is 2.15. The van der Waals surface area contributed by atoms with Crippen molar-refractivity contribution < 1.29 is 14.3 Å². The SMILES string of the molecule is CCOc1ccc(OC(=O)CSc2nnc(-c3cccs3)n2CC)cc1. The van der Waals surface area contributed by atoms with Crippen LogP contribution in [0.3, 0.4) is 0 Å². The fourth-order valence-electron chi connectivity index (χ4n) is 2.32. The second-order valence-corrected chi connectivity index (χ2v) is 7.09. The summed E-state index contributed by atoms with van der Waals surface area (Å²) in [6.45, 7) is 5.28. The minimum absolute atomic E-state index is 0.162. The Labute approximate surface area is 160 Å². The number of carbonyl (C=O) groups excluding carboxylic acids is 1. The van der Waals surface area contributed by atoms with Gasteiger partial charge in [0.1, 0.15) is 11.5 Å². The molecule has 136 valence electrons. The predicted molar refractivity (Wildman–Crippen MR) is 103 cm³/mol. The maximum absolute atomic E-state index is 12.1. The average molecular weight is 390 g/mol. The Balaban J connectivity index is 1.59. The summed E-state index contributed by atoms with van der Waals surface area (Å²) in [5.74, 6) is 1.90. The van der Waals surface area contributed by atoms with E-state index in [2.05, 4.69) is 10.2 Å². The molecule has 1 aromatic carbocycles. The summed E-state index contributed by atoms with van der Waals surface area (Å²) >= 11 is 2.94. The van der Waals surface area contributed by atoms with Crippen molar-refractivity contribution in [2.75, 3.05) is 12.4 Å². The summed E-state index contributed by atoms with van der Waals surface area (Å²) in [6, 6.07) is 11.0. The summed E-state index contributed by atoms with van der Waals surface area (Å²) in [6.07, 6.45) is 0. The highest BCUT2D eigenvalue weighted by atomic mass is 32.2. The van der Waals surface area contributed by atoms with Crippen LogP contribution in [0.4, 0.5) is 0 Å². The predicted octanol–water partition coefficient (Wildman–Crippen LogP) is 4.12. The first kappa shape index (κ1) is 18.5. The van der Waals surface area contributed by atoms with Gasteiger partial charge in [0.05, 0.1) is 17.2 Å². The smallest absolute Gasteiger partial charge is 0.321 e. The fraction of sp³-hybridized carbons (Fsp3) is 0.278. The summed E-state index contributed by atoms with van der Waals surface area (Å²) in [5.41, 5.74) is 0. The second-order valence-electron chi connectivity index (χ2n) is 5.19. The van der Waals surface area contributed by atoms with Crippen LogP contribution in [0.2, 0.25) is 0 Å². The molecule has 8 heteroatoms. The molecule has 3 rings (SSSR count). The van der Waals surface area contributed by atoms with Crippen molar-refractivity contribution in [2.45, 2.75) is 25.5 Å². The lowest BCUT2D eigenvalue weighted by atomic mass is 10.3. The zero-order chi connectivity index (χ0) is 18.4. The first-order chi connectivity index (χ1) is 12.7. The largest absolute Gasteiger partial charge is 0.494 e. The molecule has 0 atom stereocenters. The third-order valence-electron chi connectivity index (χ3n) is 3.46. The number of hydrogen-bond donors (Lipinski definition) is 0. The van der Waals surface area contributed by atoms with Crippen LogP contribution in [0, 0.1) is 0 Å². The minimum atomic E-state index is -0.331. The Hall–Kier alpha value is -2.32. The van der Waals surface area contributed by atoms with E-state index in [0.717, 1.165) is 23.0 Å². The van der Waals surface area contributed by atoms with Gasteiger partial charge in [-0.3, -0.25) is 4.79 Å². The van der Waals surface area contributed by atoms with Crippen molar-refractivity contribution in [3.05, 3.63) is 41.8 Å². The van der Waals surface area contributed by atoms with Gasteiger partial charge in [0.2, 0.25) is 0 Å². The van der Waals surface area contributed by atoms with Gasteiger partial charge in [-0.2, -0.15) is 0 Å². The molecule has 2 aromatic heterocycles. The van der Waals surface area contributed by atoms with Gasteiger partial charge < -0.3 is 14.0 Å². The van der Waals surface area contributed by atoms with Crippen LogP contribution in [0.5, 0.6) is 11.5 Å². The van der Waals surface area contributed by atoms with E-state index < -0.39 is 0 Å². The zero-order valence-electron chi connectivity index (χ0n) is 14.5. The number of nitrogens with zero attached hydrogens (tertiary/aromatic N) is 3. The van der Waals surface area contributed by atoms with Crippen LogP contribution in [0.25, 0.3) is 10.7 Å². The fourth-order valence-corrected chi connectivity index (χ4v) is 3.82. The Bertz CT molecular complexity index is 845. The van der Waals surface area contributed by atoms with Gasteiger partial charge in [-0.1, -0.05) is 17.8 Å². The first-order valence-corrected chi connectivity index (χ1v) is 10.1. The Morgan fingerprint density at radius 1 is 1.15 bits per heavy atom. The summed E-state index contributed by atoms with van der Waals surface area (Å²) in [5, 5.41) is 11.2. The van der Waals surface area contributed by atoms with E-state index in [9.17, 15) is 4.79 Å². The van der Waals surface area contributed by atoms with E-state index in [4.69, 9.17) is 9.47 Å².